The molecule has 2 atom stereocenters. The fourth-order valence-electron chi connectivity index (χ4n) is 2.90. The number of benzene rings is 1. The monoisotopic (exact) mass is 419 g/mol. The lowest BCUT2D eigenvalue weighted by molar-refractivity contribution is -0.141. The molecule has 2 unspecified atom stereocenters. The van der Waals surface area contributed by atoms with Gasteiger partial charge in [0.25, 0.3) is 0 Å². The molecular weight excluding hydrogens is 382 g/mol. The van der Waals surface area contributed by atoms with Crippen molar-refractivity contribution in [2.75, 3.05) is 7.05 Å². The Labute approximate surface area is 180 Å². The number of rotatable bonds is 5. The number of aryl methyl sites for hydroxylation is 2. The Bertz CT molecular complexity index is 791. The number of amides is 3. The lowest BCUT2D eigenvalue weighted by atomic mass is 9.98. The van der Waals surface area contributed by atoms with E-state index in [9.17, 15) is 14.4 Å². The van der Waals surface area contributed by atoms with Crippen LogP contribution in [0.25, 0.3) is 0 Å². The first-order valence-corrected chi connectivity index (χ1v) is 10.2. The minimum Gasteiger partial charge on any atom is -0.444 e. The molecule has 0 aliphatic carbocycles. The summed E-state index contributed by atoms with van der Waals surface area (Å²) in [5.41, 5.74) is 1.71. The summed E-state index contributed by atoms with van der Waals surface area (Å²) in [6.45, 7) is 16.4. The molecule has 2 N–H and O–H groups in total. The highest BCUT2D eigenvalue weighted by atomic mass is 16.6. The molecule has 0 saturated heterocycles. The van der Waals surface area contributed by atoms with Crippen LogP contribution in [0.4, 0.5) is 4.79 Å². The average Bonchev–Trinajstić information content (AvgIpc) is 2.53. The zero-order chi connectivity index (χ0) is 23.4. The summed E-state index contributed by atoms with van der Waals surface area (Å²) in [6.07, 6.45) is -0.682. The predicted molar refractivity (Wildman–Crippen MR) is 118 cm³/mol. The number of nitrogens with zero attached hydrogens (tertiary/aromatic N) is 1. The third-order valence-corrected chi connectivity index (χ3v) is 4.43. The van der Waals surface area contributed by atoms with E-state index in [0.717, 1.165) is 11.1 Å². The maximum Gasteiger partial charge on any atom is 0.408 e. The van der Waals surface area contributed by atoms with E-state index >= 15 is 0 Å². The number of carbonyl (C=O) groups is 3. The molecule has 7 heteroatoms. The Kier molecular flexibility index (Phi) is 8.06. The topological polar surface area (TPSA) is 87.7 Å². The Morgan fingerprint density at radius 3 is 2.03 bits per heavy atom. The van der Waals surface area contributed by atoms with Crippen molar-refractivity contribution in [2.24, 2.45) is 0 Å². The quantitative estimate of drug-likeness (QED) is 0.763. The van der Waals surface area contributed by atoms with Crippen molar-refractivity contribution in [1.29, 1.82) is 0 Å². The van der Waals surface area contributed by atoms with Crippen molar-refractivity contribution >= 4 is 17.9 Å². The third kappa shape index (κ3) is 7.69. The molecule has 3 amide bonds. The van der Waals surface area contributed by atoms with Gasteiger partial charge in [0, 0.05) is 12.6 Å². The average molecular weight is 420 g/mol. The number of carbonyl (C=O) groups excluding carboxylic acids is 3. The van der Waals surface area contributed by atoms with Gasteiger partial charge in [0.1, 0.15) is 17.7 Å². The van der Waals surface area contributed by atoms with Crippen LogP contribution >= 0.6 is 0 Å². The van der Waals surface area contributed by atoms with E-state index in [2.05, 4.69) is 10.6 Å². The van der Waals surface area contributed by atoms with E-state index < -0.39 is 35.2 Å². The van der Waals surface area contributed by atoms with Gasteiger partial charge in [-0.15, -0.1) is 0 Å². The summed E-state index contributed by atoms with van der Waals surface area (Å²) < 4.78 is 5.23. The zero-order valence-corrected chi connectivity index (χ0v) is 20.0. The van der Waals surface area contributed by atoms with Crippen LogP contribution in [0.2, 0.25) is 0 Å². The standard InChI is InChI=1S/C23H37N3O4/c1-14-11-12-17(13-15(14)2)18(19(27)25-22(4,5)6)26(10)20(28)16(3)24-21(29)30-23(7,8)9/h11-13,16,18H,1-10H3,(H,24,29)(H,25,27). The number of ether oxygens (including phenoxy) is 1. The first-order chi connectivity index (χ1) is 13.5. The van der Waals surface area contributed by atoms with Crippen molar-refractivity contribution in [3.63, 3.8) is 0 Å². The predicted octanol–water partition coefficient (Wildman–Crippen LogP) is 3.63. The summed E-state index contributed by atoms with van der Waals surface area (Å²) in [4.78, 5) is 39.6. The maximum absolute atomic E-state index is 13.1. The van der Waals surface area contributed by atoms with E-state index in [4.69, 9.17) is 4.74 Å². The lowest BCUT2D eigenvalue weighted by Crippen LogP contribution is -2.52. The molecule has 0 radical (unpaired) electrons. The van der Waals surface area contributed by atoms with Gasteiger partial charge in [-0.3, -0.25) is 9.59 Å². The van der Waals surface area contributed by atoms with Gasteiger partial charge in [-0.05, 0) is 79.0 Å². The largest absolute Gasteiger partial charge is 0.444 e. The van der Waals surface area contributed by atoms with Crippen LogP contribution in [-0.2, 0) is 14.3 Å². The smallest absolute Gasteiger partial charge is 0.408 e. The van der Waals surface area contributed by atoms with Crippen LogP contribution in [0.5, 0.6) is 0 Å². The molecule has 0 spiro atoms. The molecule has 0 bridgehead atoms. The number of hydrogen-bond donors (Lipinski definition) is 2. The molecule has 30 heavy (non-hydrogen) atoms. The van der Waals surface area contributed by atoms with Crippen LogP contribution < -0.4 is 10.6 Å². The van der Waals surface area contributed by atoms with Crippen molar-refractivity contribution in [2.45, 2.75) is 85.5 Å². The molecule has 0 aliphatic rings. The van der Waals surface area contributed by atoms with E-state index in [-0.39, 0.29) is 5.91 Å². The highest BCUT2D eigenvalue weighted by molar-refractivity contribution is 5.92. The number of nitrogens with one attached hydrogen (secondary N) is 2. The number of alkyl carbamates (subject to hydrolysis) is 1. The number of likely N-dealkylation sites (N-methyl/N-ethyl adjacent to an activating group) is 1. The van der Waals surface area contributed by atoms with E-state index in [1.165, 1.54) is 4.90 Å². The van der Waals surface area contributed by atoms with Gasteiger partial charge in [-0.1, -0.05) is 18.2 Å². The summed E-state index contributed by atoms with van der Waals surface area (Å²) in [6, 6.07) is 4.01. The van der Waals surface area contributed by atoms with Gasteiger partial charge in [0.15, 0.2) is 0 Å². The zero-order valence-electron chi connectivity index (χ0n) is 20.0. The Hall–Kier alpha value is -2.57. The van der Waals surface area contributed by atoms with E-state index in [0.29, 0.717) is 5.56 Å². The first kappa shape index (κ1) is 25.5. The maximum atomic E-state index is 13.1. The van der Waals surface area contributed by atoms with Crippen molar-refractivity contribution in [3.05, 3.63) is 34.9 Å². The summed E-state index contributed by atoms with van der Waals surface area (Å²) >= 11 is 0. The third-order valence-electron chi connectivity index (χ3n) is 4.43. The van der Waals surface area contributed by atoms with Crippen LogP contribution in [0.15, 0.2) is 18.2 Å². The molecular formula is C23H37N3O4. The van der Waals surface area contributed by atoms with E-state index in [1.54, 1.807) is 34.7 Å². The second kappa shape index (κ2) is 9.49. The Balaban J connectivity index is 3.16. The van der Waals surface area contributed by atoms with Gasteiger partial charge < -0.3 is 20.3 Å². The minimum absolute atomic E-state index is 0.286. The second-order valence-corrected chi connectivity index (χ2v) is 9.80. The Morgan fingerprint density at radius 1 is 1.00 bits per heavy atom. The second-order valence-electron chi connectivity index (χ2n) is 9.80. The van der Waals surface area contributed by atoms with Gasteiger partial charge in [-0.25, -0.2) is 4.79 Å². The highest BCUT2D eigenvalue weighted by Crippen LogP contribution is 2.24. The van der Waals surface area contributed by atoms with Crippen LogP contribution in [0.1, 0.15) is 71.2 Å². The molecule has 0 heterocycles. The number of hydrogen-bond acceptors (Lipinski definition) is 4. The summed E-state index contributed by atoms with van der Waals surface area (Å²) in [7, 11) is 1.57. The van der Waals surface area contributed by atoms with Crippen molar-refractivity contribution in [3.8, 4) is 0 Å². The van der Waals surface area contributed by atoms with Crippen molar-refractivity contribution in [1.82, 2.24) is 15.5 Å². The normalized spacial score (nSPS) is 13.8. The first-order valence-electron chi connectivity index (χ1n) is 10.2. The summed E-state index contributed by atoms with van der Waals surface area (Å²) in [5.74, 6) is -0.681. The fourth-order valence-corrected chi connectivity index (χ4v) is 2.90. The SMILES string of the molecule is Cc1ccc(C(C(=O)NC(C)(C)C)N(C)C(=O)C(C)NC(=O)OC(C)(C)C)cc1C. The van der Waals surface area contributed by atoms with Gasteiger partial charge in [0.2, 0.25) is 11.8 Å². The highest BCUT2D eigenvalue weighted by Gasteiger charge is 2.33. The molecule has 1 rings (SSSR count). The molecule has 168 valence electrons. The molecule has 0 aliphatic heterocycles. The fraction of sp³-hybridized carbons (Fsp3) is 0.609. The van der Waals surface area contributed by atoms with Gasteiger partial charge in [-0.2, -0.15) is 0 Å². The van der Waals surface area contributed by atoms with Gasteiger partial charge >= 0.3 is 6.09 Å². The van der Waals surface area contributed by atoms with E-state index in [1.807, 2.05) is 52.8 Å². The lowest BCUT2D eigenvalue weighted by Gasteiger charge is -2.33. The van der Waals surface area contributed by atoms with Crippen LogP contribution in [0.3, 0.4) is 0 Å². The molecule has 7 nitrogen and oxygen atoms in total. The minimum atomic E-state index is -0.860. The van der Waals surface area contributed by atoms with Gasteiger partial charge in [0.05, 0.1) is 0 Å². The Morgan fingerprint density at radius 2 is 1.57 bits per heavy atom. The van der Waals surface area contributed by atoms with Crippen LogP contribution in [0, 0.1) is 13.8 Å². The molecule has 0 saturated carbocycles. The van der Waals surface area contributed by atoms with Crippen molar-refractivity contribution < 1.29 is 19.1 Å². The molecule has 0 fully saturated rings. The molecule has 0 aromatic heterocycles. The molecule has 1 aromatic rings. The molecule has 1 aromatic carbocycles. The van der Waals surface area contributed by atoms with Crippen LogP contribution in [-0.4, -0.2) is 47.0 Å². The summed E-state index contributed by atoms with van der Waals surface area (Å²) in [5, 5.41) is 5.50.